The second-order valence-electron chi connectivity index (χ2n) is 7.11. The Morgan fingerprint density at radius 2 is 1.75 bits per heavy atom. The van der Waals surface area contributed by atoms with E-state index >= 15 is 0 Å². The summed E-state index contributed by atoms with van der Waals surface area (Å²) in [5.41, 5.74) is 3.45. The molecule has 166 valence electrons. The molecular weight excluding hydrogens is 434 g/mol. The van der Waals surface area contributed by atoms with Crippen molar-refractivity contribution >= 4 is 16.0 Å². The maximum Gasteiger partial charge on any atom is 0.338 e. The monoisotopic (exact) mass is 455 g/mol. The smallest absolute Gasteiger partial charge is 0.338 e. The highest BCUT2D eigenvalue weighted by molar-refractivity contribution is 7.89. The molecule has 0 radical (unpaired) electrons. The molecule has 0 atom stereocenters. The Balaban J connectivity index is 1.74. The van der Waals surface area contributed by atoms with Gasteiger partial charge in [0.15, 0.2) is 11.5 Å². The number of hydrogen-bond donors (Lipinski definition) is 1. The van der Waals surface area contributed by atoms with E-state index in [1.807, 2.05) is 12.1 Å². The van der Waals surface area contributed by atoms with Crippen molar-refractivity contribution in [2.75, 3.05) is 14.2 Å². The van der Waals surface area contributed by atoms with Crippen LogP contribution in [0.2, 0.25) is 0 Å². The van der Waals surface area contributed by atoms with Gasteiger partial charge in [-0.2, -0.15) is 0 Å². The van der Waals surface area contributed by atoms with Crippen LogP contribution in [-0.4, -0.2) is 28.6 Å². The number of nitrogens with two attached hydrogens (primary N) is 1. The van der Waals surface area contributed by atoms with Gasteiger partial charge in [-0.1, -0.05) is 18.2 Å². The largest absolute Gasteiger partial charge is 0.493 e. The van der Waals surface area contributed by atoms with Gasteiger partial charge in [-0.05, 0) is 47.5 Å². The second kappa shape index (κ2) is 8.52. The number of cyclic esters (lactones) is 1. The molecule has 0 unspecified atom stereocenters. The molecular formula is C23H21NO7S. The molecule has 0 saturated heterocycles. The van der Waals surface area contributed by atoms with E-state index in [1.165, 1.54) is 26.4 Å². The molecule has 0 amide bonds. The van der Waals surface area contributed by atoms with E-state index in [0.29, 0.717) is 33.9 Å². The number of carbonyl (C=O) groups excluding carboxylic acids is 1. The van der Waals surface area contributed by atoms with E-state index in [0.717, 1.165) is 11.1 Å². The van der Waals surface area contributed by atoms with Crippen LogP contribution in [0.25, 0.3) is 11.1 Å². The summed E-state index contributed by atoms with van der Waals surface area (Å²) in [5, 5.41) is 5.23. The van der Waals surface area contributed by atoms with E-state index in [9.17, 15) is 13.2 Å². The highest BCUT2D eigenvalue weighted by Gasteiger charge is 2.24. The van der Waals surface area contributed by atoms with Crippen molar-refractivity contribution in [3.05, 3.63) is 71.3 Å². The first-order valence-corrected chi connectivity index (χ1v) is 11.2. The van der Waals surface area contributed by atoms with Gasteiger partial charge in [0.25, 0.3) is 0 Å². The summed E-state index contributed by atoms with van der Waals surface area (Å²) >= 11 is 0. The van der Waals surface area contributed by atoms with Crippen molar-refractivity contribution in [2.24, 2.45) is 5.14 Å². The minimum Gasteiger partial charge on any atom is -0.493 e. The topological polar surface area (TPSA) is 114 Å². The lowest BCUT2D eigenvalue weighted by Crippen LogP contribution is -2.12. The Labute approximate surface area is 185 Å². The van der Waals surface area contributed by atoms with Gasteiger partial charge in [0, 0.05) is 11.1 Å². The number of carbonyl (C=O) groups is 1. The predicted molar refractivity (Wildman–Crippen MR) is 116 cm³/mol. The van der Waals surface area contributed by atoms with Gasteiger partial charge in [-0.3, -0.25) is 0 Å². The highest BCUT2D eigenvalue weighted by Crippen LogP contribution is 2.45. The average molecular weight is 455 g/mol. The molecule has 9 heteroatoms. The fraction of sp³-hybridized carbons (Fsp3) is 0.174. The number of fused-ring (bicyclic) bond motifs is 1. The Hall–Kier alpha value is -3.56. The van der Waals surface area contributed by atoms with Gasteiger partial charge >= 0.3 is 5.97 Å². The first kappa shape index (κ1) is 21.7. The van der Waals surface area contributed by atoms with Crippen LogP contribution in [0.5, 0.6) is 17.2 Å². The van der Waals surface area contributed by atoms with E-state index in [-0.39, 0.29) is 24.1 Å². The quantitative estimate of drug-likeness (QED) is 0.544. The van der Waals surface area contributed by atoms with Crippen LogP contribution in [0.3, 0.4) is 0 Å². The van der Waals surface area contributed by atoms with Gasteiger partial charge in [0.1, 0.15) is 13.2 Å². The number of esters is 1. The minimum atomic E-state index is -3.83. The summed E-state index contributed by atoms with van der Waals surface area (Å²) in [6.07, 6.45) is 0. The Morgan fingerprint density at radius 3 is 2.47 bits per heavy atom. The molecule has 1 aliphatic heterocycles. The van der Waals surface area contributed by atoms with E-state index in [2.05, 4.69) is 0 Å². The maximum absolute atomic E-state index is 11.8. The summed E-state index contributed by atoms with van der Waals surface area (Å²) < 4.78 is 45.5. The minimum absolute atomic E-state index is 0.000259. The van der Waals surface area contributed by atoms with Gasteiger partial charge in [-0.25, -0.2) is 18.4 Å². The zero-order valence-corrected chi connectivity index (χ0v) is 18.3. The number of benzene rings is 3. The molecule has 3 aromatic carbocycles. The summed E-state index contributed by atoms with van der Waals surface area (Å²) in [6, 6.07) is 15.2. The van der Waals surface area contributed by atoms with Crippen LogP contribution in [0.1, 0.15) is 21.5 Å². The van der Waals surface area contributed by atoms with Crippen molar-refractivity contribution in [2.45, 2.75) is 18.1 Å². The van der Waals surface area contributed by atoms with Gasteiger partial charge in [-0.15, -0.1) is 0 Å². The third-order valence-electron chi connectivity index (χ3n) is 5.11. The van der Waals surface area contributed by atoms with Crippen LogP contribution < -0.4 is 19.3 Å². The number of methoxy groups -OCH3 is 2. The van der Waals surface area contributed by atoms with Gasteiger partial charge in [0.2, 0.25) is 15.8 Å². The van der Waals surface area contributed by atoms with Crippen molar-refractivity contribution in [1.29, 1.82) is 0 Å². The van der Waals surface area contributed by atoms with Gasteiger partial charge < -0.3 is 18.9 Å². The molecule has 1 heterocycles. The van der Waals surface area contributed by atoms with Crippen LogP contribution in [0.15, 0.2) is 59.5 Å². The molecule has 0 fully saturated rings. The molecule has 2 N–H and O–H groups in total. The molecule has 4 rings (SSSR count). The Kier molecular flexibility index (Phi) is 5.77. The maximum atomic E-state index is 11.8. The first-order valence-electron chi connectivity index (χ1n) is 9.61. The summed E-state index contributed by atoms with van der Waals surface area (Å²) in [5.74, 6) is 0.938. The third-order valence-corrected chi connectivity index (χ3v) is 6.02. The van der Waals surface area contributed by atoms with Crippen molar-refractivity contribution in [1.82, 2.24) is 0 Å². The Bertz CT molecular complexity index is 1300. The van der Waals surface area contributed by atoms with Crippen molar-refractivity contribution in [3.63, 3.8) is 0 Å². The molecule has 32 heavy (non-hydrogen) atoms. The number of sulfonamides is 1. The molecule has 1 aliphatic rings. The SMILES string of the molecule is COc1ccc(-c2ccc3c(c2)COC3=O)c(OCc2cccc(S(N)(=O)=O)c2)c1OC. The number of hydrogen-bond acceptors (Lipinski definition) is 7. The Morgan fingerprint density at radius 1 is 0.969 bits per heavy atom. The van der Waals surface area contributed by atoms with E-state index in [4.69, 9.17) is 24.1 Å². The standard InChI is InChI=1S/C23H21NO7S/c1-28-20-9-8-18(15-6-7-19-16(11-15)13-31-23(19)25)21(22(20)29-2)30-12-14-4-3-5-17(10-14)32(24,26)27/h3-11H,12-13H2,1-2H3,(H2,24,26,27). The second-order valence-corrected chi connectivity index (χ2v) is 8.67. The van der Waals surface area contributed by atoms with E-state index < -0.39 is 10.0 Å². The fourth-order valence-corrected chi connectivity index (χ4v) is 4.12. The van der Waals surface area contributed by atoms with Crippen molar-refractivity contribution < 1.29 is 32.2 Å². The normalized spacial score (nSPS) is 12.8. The number of primary sulfonamides is 1. The lowest BCUT2D eigenvalue weighted by atomic mass is 9.99. The summed E-state index contributed by atoms with van der Waals surface area (Å²) in [7, 11) is -0.805. The van der Waals surface area contributed by atoms with Crippen LogP contribution >= 0.6 is 0 Å². The molecule has 0 aliphatic carbocycles. The molecule has 8 nitrogen and oxygen atoms in total. The van der Waals surface area contributed by atoms with Gasteiger partial charge in [0.05, 0.1) is 24.7 Å². The zero-order chi connectivity index (χ0) is 22.9. The summed E-state index contributed by atoms with van der Waals surface area (Å²) in [6.45, 7) is 0.276. The zero-order valence-electron chi connectivity index (χ0n) is 17.5. The van der Waals surface area contributed by atoms with E-state index in [1.54, 1.807) is 30.3 Å². The highest BCUT2D eigenvalue weighted by atomic mass is 32.2. The van der Waals surface area contributed by atoms with Crippen LogP contribution in [-0.2, 0) is 28.0 Å². The molecule has 3 aromatic rings. The molecule has 0 spiro atoms. The number of rotatable bonds is 7. The van der Waals surface area contributed by atoms with Crippen molar-refractivity contribution in [3.8, 4) is 28.4 Å². The molecule has 0 saturated carbocycles. The first-order chi connectivity index (χ1) is 15.3. The lowest BCUT2D eigenvalue weighted by molar-refractivity contribution is 0.0535. The molecule has 0 aromatic heterocycles. The third kappa shape index (κ3) is 4.12. The fourth-order valence-electron chi connectivity index (χ4n) is 3.54. The van der Waals surface area contributed by atoms with Crippen LogP contribution in [0.4, 0.5) is 0 Å². The molecule has 0 bridgehead atoms. The number of ether oxygens (including phenoxy) is 4. The van der Waals surface area contributed by atoms with Crippen LogP contribution in [0, 0.1) is 0 Å². The predicted octanol–water partition coefficient (Wildman–Crippen LogP) is 3.27. The summed E-state index contributed by atoms with van der Waals surface area (Å²) in [4.78, 5) is 11.8. The average Bonchev–Trinajstić information content (AvgIpc) is 3.16. The lowest BCUT2D eigenvalue weighted by Gasteiger charge is -2.18.